The predicted molar refractivity (Wildman–Crippen MR) is 99.2 cm³/mol. The summed E-state index contributed by atoms with van der Waals surface area (Å²) < 4.78 is 11.2. The molecule has 1 atom stereocenters. The number of ether oxygens (including phenoxy) is 1. The highest BCUT2D eigenvalue weighted by Crippen LogP contribution is 2.38. The molecule has 1 aromatic carbocycles. The van der Waals surface area contributed by atoms with Crippen molar-refractivity contribution < 1.29 is 14.1 Å². The molecule has 0 bridgehead atoms. The number of hydrogen-bond acceptors (Lipinski definition) is 5. The van der Waals surface area contributed by atoms with Gasteiger partial charge in [0.1, 0.15) is 0 Å². The molecular weight excluding hydrogens is 344 g/mol. The van der Waals surface area contributed by atoms with E-state index in [4.69, 9.17) is 9.26 Å². The van der Waals surface area contributed by atoms with Gasteiger partial charge < -0.3 is 19.5 Å². The van der Waals surface area contributed by atoms with E-state index in [0.29, 0.717) is 37.9 Å². The van der Waals surface area contributed by atoms with E-state index in [1.807, 2.05) is 35.2 Å². The van der Waals surface area contributed by atoms with Gasteiger partial charge in [-0.05, 0) is 31.2 Å². The lowest BCUT2D eigenvalue weighted by molar-refractivity contribution is 0.0105. The largest absolute Gasteiger partial charge is 0.376 e. The summed E-state index contributed by atoms with van der Waals surface area (Å²) in [4.78, 5) is 18.7. The van der Waals surface area contributed by atoms with Gasteiger partial charge in [0, 0.05) is 32.0 Å². The molecule has 1 aliphatic carbocycles. The van der Waals surface area contributed by atoms with E-state index in [9.17, 15) is 4.79 Å². The van der Waals surface area contributed by atoms with Crippen LogP contribution in [0.3, 0.4) is 0 Å². The fourth-order valence-corrected chi connectivity index (χ4v) is 3.33. The van der Waals surface area contributed by atoms with Crippen molar-refractivity contribution >= 4 is 6.03 Å². The molecule has 1 unspecified atom stereocenters. The summed E-state index contributed by atoms with van der Waals surface area (Å²) in [6, 6.07) is 9.91. The maximum absolute atomic E-state index is 12.4. The first-order valence-corrected chi connectivity index (χ1v) is 9.79. The molecule has 2 heterocycles. The van der Waals surface area contributed by atoms with Gasteiger partial charge in [-0.25, -0.2) is 4.79 Å². The minimum absolute atomic E-state index is 0.0283. The molecule has 2 amide bonds. The molecule has 1 saturated carbocycles. The Morgan fingerprint density at radius 2 is 2.11 bits per heavy atom. The first kappa shape index (κ1) is 18.0. The van der Waals surface area contributed by atoms with Gasteiger partial charge in [0.05, 0.1) is 12.7 Å². The highest BCUT2D eigenvalue weighted by atomic mass is 16.5. The van der Waals surface area contributed by atoms with Crippen LogP contribution in [-0.4, -0.2) is 46.9 Å². The molecule has 1 aromatic heterocycles. The van der Waals surface area contributed by atoms with Crippen molar-refractivity contribution in [3.05, 3.63) is 47.6 Å². The van der Waals surface area contributed by atoms with Gasteiger partial charge in [-0.15, -0.1) is 0 Å². The van der Waals surface area contributed by atoms with Crippen LogP contribution >= 0.6 is 0 Å². The highest BCUT2D eigenvalue weighted by Gasteiger charge is 2.29. The van der Waals surface area contributed by atoms with E-state index in [1.165, 1.54) is 0 Å². The maximum Gasteiger partial charge on any atom is 0.317 e. The van der Waals surface area contributed by atoms with E-state index in [1.54, 1.807) is 0 Å². The molecule has 2 aromatic rings. The number of rotatable bonds is 7. The van der Waals surface area contributed by atoms with Crippen molar-refractivity contribution in [2.24, 2.45) is 0 Å². The zero-order valence-corrected chi connectivity index (χ0v) is 15.5. The number of nitrogens with one attached hydrogen (secondary N) is 1. The topological polar surface area (TPSA) is 80.5 Å². The van der Waals surface area contributed by atoms with Gasteiger partial charge >= 0.3 is 6.03 Å². The van der Waals surface area contributed by atoms with E-state index in [0.717, 1.165) is 43.7 Å². The summed E-state index contributed by atoms with van der Waals surface area (Å²) in [5.74, 6) is 1.96. The monoisotopic (exact) mass is 370 g/mol. The second-order valence-electron chi connectivity index (χ2n) is 7.30. The van der Waals surface area contributed by atoms with Crippen LogP contribution in [0.15, 0.2) is 34.9 Å². The van der Waals surface area contributed by atoms with Gasteiger partial charge in [0.15, 0.2) is 5.82 Å². The van der Waals surface area contributed by atoms with Crippen LogP contribution in [0.4, 0.5) is 4.79 Å². The van der Waals surface area contributed by atoms with E-state index >= 15 is 0 Å². The molecule has 4 rings (SSSR count). The second kappa shape index (κ2) is 8.52. The normalized spacial score (nSPS) is 19.9. The predicted octanol–water partition coefficient (Wildman–Crippen LogP) is 2.88. The summed E-state index contributed by atoms with van der Waals surface area (Å²) in [5, 5.41) is 7.01. The maximum atomic E-state index is 12.4. The molecule has 1 N–H and O–H groups in total. The number of hydrogen-bond donors (Lipinski definition) is 1. The summed E-state index contributed by atoms with van der Waals surface area (Å²) in [5.41, 5.74) is 1.10. The molecular formula is C20H26N4O3. The Hall–Kier alpha value is -2.41. The average Bonchev–Trinajstić information content (AvgIpc) is 3.46. The molecule has 7 nitrogen and oxygen atoms in total. The number of aromatic nitrogens is 2. The zero-order valence-electron chi connectivity index (χ0n) is 15.5. The number of carbonyl (C=O) groups is 1. The Labute approximate surface area is 159 Å². The minimum Gasteiger partial charge on any atom is -0.376 e. The van der Waals surface area contributed by atoms with Crippen LogP contribution in [0.25, 0.3) is 0 Å². The lowest BCUT2D eigenvalue weighted by atomic mass is 10.1. The molecule has 2 aliphatic rings. The van der Waals surface area contributed by atoms with Crippen LogP contribution in [0.1, 0.15) is 48.9 Å². The molecule has 27 heavy (non-hydrogen) atoms. The lowest BCUT2D eigenvalue weighted by Crippen LogP contribution is -2.47. The first-order chi connectivity index (χ1) is 13.3. The number of carbonyl (C=O) groups excluding carboxylic acids is 1. The van der Waals surface area contributed by atoms with Gasteiger partial charge in [-0.1, -0.05) is 35.5 Å². The zero-order chi connectivity index (χ0) is 18.5. The van der Waals surface area contributed by atoms with Crippen LogP contribution in [0, 0.1) is 0 Å². The third kappa shape index (κ3) is 5.07. The van der Waals surface area contributed by atoms with E-state index < -0.39 is 0 Å². The van der Waals surface area contributed by atoms with Crippen molar-refractivity contribution in [2.75, 3.05) is 19.7 Å². The Morgan fingerprint density at radius 1 is 1.26 bits per heavy atom. The number of amides is 2. The summed E-state index contributed by atoms with van der Waals surface area (Å²) in [6.07, 6.45) is 4.95. The SMILES string of the molecule is O=C(NCc1ccccc1)N1CCCC(OCCc2noc(C3CC3)n2)C1. The van der Waals surface area contributed by atoms with Gasteiger partial charge in [0.2, 0.25) is 5.89 Å². The van der Waals surface area contributed by atoms with Crippen molar-refractivity contribution in [3.8, 4) is 0 Å². The van der Waals surface area contributed by atoms with Crippen molar-refractivity contribution in [3.63, 3.8) is 0 Å². The number of piperidine rings is 1. The Kier molecular flexibility index (Phi) is 5.67. The molecule has 144 valence electrons. The summed E-state index contributed by atoms with van der Waals surface area (Å²) in [6.45, 7) is 2.49. The first-order valence-electron chi connectivity index (χ1n) is 9.79. The van der Waals surface area contributed by atoms with Crippen molar-refractivity contribution in [2.45, 2.75) is 50.7 Å². The van der Waals surface area contributed by atoms with Crippen LogP contribution in [0.2, 0.25) is 0 Å². The minimum atomic E-state index is -0.0283. The number of nitrogens with zero attached hydrogens (tertiary/aromatic N) is 3. The fourth-order valence-electron chi connectivity index (χ4n) is 3.33. The van der Waals surface area contributed by atoms with Crippen LogP contribution in [-0.2, 0) is 17.7 Å². The quantitative estimate of drug-likeness (QED) is 0.811. The van der Waals surface area contributed by atoms with Crippen LogP contribution in [0.5, 0.6) is 0 Å². The van der Waals surface area contributed by atoms with Crippen LogP contribution < -0.4 is 5.32 Å². The third-order valence-electron chi connectivity index (χ3n) is 5.04. The molecule has 0 radical (unpaired) electrons. The average molecular weight is 370 g/mol. The Balaban J connectivity index is 1.18. The van der Waals surface area contributed by atoms with Crippen molar-refractivity contribution in [1.29, 1.82) is 0 Å². The highest BCUT2D eigenvalue weighted by molar-refractivity contribution is 5.74. The molecule has 1 aliphatic heterocycles. The number of likely N-dealkylation sites (tertiary alicyclic amines) is 1. The fraction of sp³-hybridized carbons (Fsp3) is 0.550. The van der Waals surface area contributed by atoms with Gasteiger partial charge in [-0.3, -0.25) is 0 Å². The smallest absolute Gasteiger partial charge is 0.317 e. The van der Waals surface area contributed by atoms with Gasteiger partial charge in [0.25, 0.3) is 0 Å². The summed E-state index contributed by atoms with van der Waals surface area (Å²) >= 11 is 0. The lowest BCUT2D eigenvalue weighted by Gasteiger charge is -2.32. The Bertz CT molecular complexity index is 745. The second-order valence-corrected chi connectivity index (χ2v) is 7.30. The van der Waals surface area contributed by atoms with Gasteiger partial charge in [-0.2, -0.15) is 4.98 Å². The third-order valence-corrected chi connectivity index (χ3v) is 5.04. The standard InChI is InChI=1S/C20H26N4O3/c25-20(21-13-15-5-2-1-3-6-15)24-11-4-7-17(14-24)26-12-10-18-22-19(27-23-18)16-8-9-16/h1-3,5-6,16-17H,4,7-14H2,(H,21,25). The molecule has 1 saturated heterocycles. The van der Waals surface area contributed by atoms with Crippen molar-refractivity contribution in [1.82, 2.24) is 20.4 Å². The van der Waals surface area contributed by atoms with E-state index in [-0.39, 0.29) is 12.1 Å². The molecule has 0 spiro atoms. The Morgan fingerprint density at radius 3 is 2.93 bits per heavy atom. The van der Waals surface area contributed by atoms with E-state index in [2.05, 4.69) is 15.5 Å². The summed E-state index contributed by atoms with van der Waals surface area (Å²) in [7, 11) is 0. The molecule has 2 fully saturated rings. The molecule has 7 heteroatoms. The number of urea groups is 1. The number of benzene rings is 1.